The minimum absolute atomic E-state index is 0.0140. The minimum Gasteiger partial charge on any atom is -0.380 e. The molecule has 1 amide bonds. The van der Waals surface area contributed by atoms with Crippen molar-refractivity contribution in [3.05, 3.63) is 70.2 Å². The molecular formula is C21H26ClN2O2+. The summed E-state index contributed by atoms with van der Waals surface area (Å²) in [7, 11) is 1.67. The number of nitrogens with one attached hydrogen (secondary N) is 2. The number of benzene rings is 2. The molecule has 0 atom stereocenters. The van der Waals surface area contributed by atoms with Crippen LogP contribution in [-0.4, -0.2) is 32.1 Å². The number of rotatable bonds is 6. The highest BCUT2D eigenvalue weighted by atomic mass is 35.5. The van der Waals surface area contributed by atoms with E-state index < -0.39 is 0 Å². The molecule has 0 saturated carbocycles. The third-order valence-corrected chi connectivity index (χ3v) is 5.17. The molecule has 1 saturated heterocycles. The van der Waals surface area contributed by atoms with Gasteiger partial charge in [-0.15, -0.1) is 0 Å². The molecule has 0 radical (unpaired) electrons. The lowest BCUT2D eigenvalue weighted by Gasteiger charge is -2.29. The highest BCUT2D eigenvalue weighted by molar-refractivity contribution is 6.30. The average molecular weight is 374 g/mol. The SMILES string of the molecule is COCc1ccc(C(=O)NC2CC[NH+](Cc3ccc(Cl)cc3)CC2)cc1. The molecule has 3 rings (SSSR count). The fraction of sp³-hybridized carbons (Fsp3) is 0.381. The van der Waals surface area contributed by atoms with E-state index in [1.54, 1.807) is 12.0 Å². The van der Waals surface area contributed by atoms with Crippen molar-refractivity contribution < 1.29 is 14.4 Å². The predicted molar refractivity (Wildman–Crippen MR) is 103 cm³/mol. The van der Waals surface area contributed by atoms with E-state index in [2.05, 4.69) is 17.4 Å². The molecule has 2 N–H and O–H groups in total. The molecule has 26 heavy (non-hydrogen) atoms. The number of ether oxygens (including phenoxy) is 1. The number of amides is 1. The lowest BCUT2D eigenvalue weighted by molar-refractivity contribution is -0.918. The van der Waals surface area contributed by atoms with E-state index in [0.29, 0.717) is 12.2 Å². The van der Waals surface area contributed by atoms with Gasteiger partial charge in [0.1, 0.15) is 6.54 Å². The summed E-state index contributed by atoms with van der Waals surface area (Å²) in [5, 5.41) is 3.96. The van der Waals surface area contributed by atoms with E-state index in [-0.39, 0.29) is 11.9 Å². The van der Waals surface area contributed by atoms with Gasteiger partial charge in [-0.1, -0.05) is 35.9 Å². The Morgan fingerprint density at radius 3 is 2.31 bits per heavy atom. The lowest BCUT2D eigenvalue weighted by atomic mass is 10.0. The number of hydrogen-bond acceptors (Lipinski definition) is 2. The zero-order valence-electron chi connectivity index (χ0n) is 15.1. The largest absolute Gasteiger partial charge is 0.380 e. The van der Waals surface area contributed by atoms with Crippen LogP contribution in [-0.2, 0) is 17.9 Å². The molecule has 2 aromatic rings. The van der Waals surface area contributed by atoms with Crippen LogP contribution < -0.4 is 10.2 Å². The first-order valence-corrected chi connectivity index (χ1v) is 9.48. The average Bonchev–Trinajstić information content (AvgIpc) is 2.66. The van der Waals surface area contributed by atoms with Gasteiger partial charge in [-0.3, -0.25) is 4.79 Å². The summed E-state index contributed by atoms with van der Waals surface area (Å²) in [5.74, 6) is 0.0140. The van der Waals surface area contributed by atoms with E-state index in [0.717, 1.165) is 43.1 Å². The Morgan fingerprint density at radius 2 is 1.69 bits per heavy atom. The quantitative estimate of drug-likeness (QED) is 0.816. The molecule has 1 aliphatic heterocycles. The van der Waals surface area contributed by atoms with Crippen LogP contribution >= 0.6 is 11.6 Å². The highest BCUT2D eigenvalue weighted by Gasteiger charge is 2.23. The van der Waals surface area contributed by atoms with E-state index in [1.807, 2.05) is 36.4 Å². The zero-order valence-corrected chi connectivity index (χ0v) is 15.9. The molecule has 2 aromatic carbocycles. The Bertz CT molecular complexity index is 708. The summed E-state index contributed by atoms with van der Waals surface area (Å²) in [6.07, 6.45) is 2.02. The Balaban J connectivity index is 1.45. The number of quaternary nitrogens is 1. The van der Waals surface area contributed by atoms with Crippen LogP contribution in [0.25, 0.3) is 0 Å². The maximum Gasteiger partial charge on any atom is 0.251 e. The molecule has 1 heterocycles. The summed E-state index contributed by atoms with van der Waals surface area (Å²) in [6, 6.07) is 16.0. The molecule has 0 unspecified atom stereocenters. The second-order valence-electron chi connectivity index (χ2n) is 6.93. The van der Waals surface area contributed by atoms with Crippen molar-refractivity contribution in [2.24, 2.45) is 0 Å². The van der Waals surface area contributed by atoms with Crippen molar-refractivity contribution in [1.82, 2.24) is 5.32 Å². The normalized spacial score (nSPS) is 19.9. The van der Waals surface area contributed by atoms with Gasteiger partial charge in [-0.05, 0) is 29.8 Å². The predicted octanol–water partition coefficient (Wildman–Crippen LogP) is 2.46. The zero-order chi connectivity index (χ0) is 18.4. The number of likely N-dealkylation sites (tertiary alicyclic amines) is 1. The third-order valence-electron chi connectivity index (χ3n) is 4.92. The van der Waals surface area contributed by atoms with Crippen LogP contribution in [0.2, 0.25) is 5.02 Å². The number of carbonyl (C=O) groups excluding carboxylic acids is 1. The second-order valence-corrected chi connectivity index (χ2v) is 7.37. The Labute approximate surface area is 160 Å². The number of methoxy groups -OCH3 is 1. The Kier molecular flexibility index (Phi) is 6.67. The van der Waals surface area contributed by atoms with Crippen LogP contribution in [0.3, 0.4) is 0 Å². The van der Waals surface area contributed by atoms with Crippen LogP contribution in [0.15, 0.2) is 48.5 Å². The maximum absolute atomic E-state index is 12.4. The molecule has 0 aliphatic carbocycles. The Hall–Kier alpha value is -1.88. The molecule has 0 spiro atoms. The monoisotopic (exact) mass is 373 g/mol. The van der Waals surface area contributed by atoms with Gasteiger partial charge in [-0.2, -0.15) is 0 Å². The first-order chi connectivity index (χ1) is 12.6. The lowest BCUT2D eigenvalue weighted by Crippen LogP contribution is -3.12. The van der Waals surface area contributed by atoms with E-state index >= 15 is 0 Å². The van der Waals surface area contributed by atoms with Crippen molar-refractivity contribution >= 4 is 17.5 Å². The maximum atomic E-state index is 12.4. The first-order valence-electron chi connectivity index (χ1n) is 9.11. The molecule has 1 aliphatic rings. The highest BCUT2D eigenvalue weighted by Crippen LogP contribution is 2.10. The third kappa shape index (κ3) is 5.31. The van der Waals surface area contributed by atoms with Gasteiger partial charge >= 0.3 is 0 Å². The molecule has 0 bridgehead atoms. The topological polar surface area (TPSA) is 42.8 Å². The summed E-state index contributed by atoms with van der Waals surface area (Å²) >= 11 is 5.94. The summed E-state index contributed by atoms with van der Waals surface area (Å²) < 4.78 is 5.10. The smallest absolute Gasteiger partial charge is 0.251 e. The summed E-state index contributed by atoms with van der Waals surface area (Å²) in [6.45, 7) is 3.72. The van der Waals surface area contributed by atoms with Gasteiger partial charge in [0.2, 0.25) is 0 Å². The van der Waals surface area contributed by atoms with Crippen LogP contribution in [0.5, 0.6) is 0 Å². The number of hydrogen-bond donors (Lipinski definition) is 2. The van der Waals surface area contributed by atoms with Crippen LogP contribution in [0.1, 0.15) is 34.3 Å². The molecular weight excluding hydrogens is 348 g/mol. The van der Waals surface area contributed by atoms with Gasteiger partial charge in [-0.25, -0.2) is 0 Å². The fourth-order valence-electron chi connectivity index (χ4n) is 3.43. The van der Waals surface area contributed by atoms with Crippen molar-refractivity contribution in [3.8, 4) is 0 Å². The second kappa shape index (κ2) is 9.17. The van der Waals surface area contributed by atoms with Crippen molar-refractivity contribution in [2.45, 2.75) is 32.0 Å². The van der Waals surface area contributed by atoms with Crippen LogP contribution in [0.4, 0.5) is 0 Å². The fourth-order valence-corrected chi connectivity index (χ4v) is 3.55. The standard InChI is InChI=1S/C21H25ClN2O2/c1-26-15-17-2-6-18(7-3-17)21(25)23-20-10-12-24(13-11-20)14-16-4-8-19(22)9-5-16/h2-9,20H,10-15H2,1H3,(H,23,25)/p+1. The van der Waals surface area contributed by atoms with Gasteiger partial charge in [0, 0.05) is 42.1 Å². The number of carbonyl (C=O) groups is 1. The van der Waals surface area contributed by atoms with E-state index in [1.165, 1.54) is 5.56 Å². The number of piperidine rings is 1. The first kappa shape index (κ1) is 18.9. The summed E-state index contributed by atoms with van der Waals surface area (Å²) in [4.78, 5) is 14.0. The van der Waals surface area contributed by atoms with Crippen molar-refractivity contribution in [2.75, 3.05) is 20.2 Å². The van der Waals surface area contributed by atoms with Crippen molar-refractivity contribution in [1.29, 1.82) is 0 Å². The van der Waals surface area contributed by atoms with Crippen molar-refractivity contribution in [3.63, 3.8) is 0 Å². The van der Waals surface area contributed by atoms with Crippen LogP contribution in [0, 0.1) is 0 Å². The molecule has 138 valence electrons. The molecule has 4 nitrogen and oxygen atoms in total. The number of halogens is 1. The summed E-state index contributed by atoms with van der Waals surface area (Å²) in [5.41, 5.74) is 3.09. The van der Waals surface area contributed by atoms with E-state index in [9.17, 15) is 4.79 Å². The Morgan fingerprint density at radius 1 is 1.08 bits per heavy atom. The molecule has 5 heteroatoms. The molecule has 0 aromatic heterocycles. The molecule has 1 fully saturated rings. The van der Waals surface area contributed by atoms with Gasteiger partial charge in [0.15, 0.2) is 0 Å². The minimum atomic E-state index is 0.0140. The van der Waals surface area contributed by atoms with E-state index in [4.69, 9.17) is 16.3 Å². The van der Waals surface area contributed by atoms with Gasteiger partial charge < -0.3 is 15.0 Å². The van der Waals surface area contributed by atoms with Gasteiger partial charge in [0.05, 0.1) is 19.7 Å². The van der Waals surface area contributed by atoms with Gasteiger partial charge in [0.25, 0.3) is 5.91 Å².